The summed E-state index contributed by atoms with van der Waals surface area (Å²) in [6.45, 7) is 5.26. The van der Waals surface area contributed by atoms with Gasteiger partial charge in [-0.3, -0.25) is 4.79 Å². The highest BCUT2D eigenvalue weighted by Gasteiger charge is 2.24. The van der Waals surface area contributed by atoms with Crippen molar-refractivity contribution in [3.63, 3.8) is 0 Å². The van der Waals surface area contributed by atoms with Crippen LogP contribution in [-0.2, 0) is 4.79 Å². The van der Waals surface area contributed by atoms with E-state index >= 15 is 0 Å². The summed E-state index contributed by atoms with van der Waals surface area (Å²) in [4.78, 5) is 17.4. The second kappa shape index (κ2) is 5.04. The standard InChI is InChI=1S/C12H16BrN3O/c1-8-5-12(14-6-11(8)13)15-10-3-4-16(7-10)9(2)17/h5-6,10H,3-4,7H2,1-2H3,(H,14,15). The first kappa shape index (κ1) is 12.4. The SMILES string of the molecule is CC(=O)N1CCC(Nc2cc(C)c(Br)cn2)C1. The molecule has 5 heteroatoms. The van der Waals surface area contributed by atoms with E-state index in [0.29, 0.717) is 6.04 Å². The third kappa shape index (κ3) is 2.97. The molecule has 1 amide bonds. The van der Waals surface area contributed by atoms with Crippen LogP contribution in [0.3, 0.4) is 0 Å². The van der Waals surface area contributed by atoms with Gasteiger partial charge in [-0.05, 0) is 40.9 Å². The Morgan fingerprint density at radius 3 is 3.00 bits per heavy atom. The van der Waals surface area contributed by atoms with Crippen molar-refractivity contribution in [1.82, 2.24) is 9.88 Å². The summed E-state index contributed by atoms with van der Waals surface area (Å²) in [6.07, 6.45) is 2.78. The van der Waals surface area contributed by atoms with Gasteiger partial charge >= 0.3 is 0 Å². The number of carbonyl (C=O) groups excluding carboxylic acids is 1. The zero-order valence-electron chi connectivity index (χ0n) is 10.0. The lowest BCUT2D eigenvalue weighted by Crippen LogP contribution is -2.29. The minimum atomic E-state index is 0.147. The Morgan fingerprint density at radius 2 is 2.41 bits per heavy atom. The van der Waals surface area contributed by atoms with Crippen molar-refractivity contribution in [2.24, 2.45) is 0 Å². The summed E-state index contributed by atoms with van der Waals surface area (Å²) in [5.41, 5.74) is 1.16. The number of nitrogens with zero attached hydrogens (tertiary/aromatic N) is 2. The van der Waals surface area contributed by atoms with Crippen molar-refractivity contribution >= 4 is 27.7 Å². The topological polar surface area (TPSA) is 45.2 Å². The first-order valence-corrected chi connectivity index (χ1v) is 6.50. The molecule has 0 aliphatic carbocycles. The minimum Gasteiger partial charge on any atom is -0.365 e. The summed E-state index contributed by atoms with van der Waals surface area (Å²) in [6, 6.07) is 2.33. The van der Waals surface area contributed by atoms with E-state index < -0.39 is 0 Å². The van der Waals surface area contributed by atoms with Gasteiger partial charge in [0.05, 0.1) is 0 Å². The average Bonchev–Trinajstić information content (AvgIpc) is 2.72. The van der Waals surface area contributed by atoms with Crippen molar-refractivity contribution < 1.29 is 4.79 Å². The van der Waals surface area contributed by atoms with Gasteiger partial charge in [0, 0.05) is 36.7 Å². The number of aromatic nitrogens is 1. The fourth-order valence-corrected chi connectivity index (χ4v) is 2.21. The predicted molar refractivity (Wildman–Crippen MR) is 71.0 cm³/mol. The van der Waals surface area contributed by atoms with Gasteiger partial charge < -0.3 is 10.2 Å². The maximum Gasteiger partial charge on any atom is 0.219 e. The van der Waals surface area contributed by atoms with Crippen LogP contribution < -0.4 is 5.32 Å². The number of rotatable bonds is 2. The summed E-state index contributed by atoms with van der Waals surface area (Å²) in [5, 5.41) is 3.37. The average molecular weight is 298 g/mol. The molecule has 0 saturated carbocycles. The summed E-state index contributed by atoms with van der Waals surface area (Å²) in [5.74, 6) is 1.02. The third-order valence-corrected chi connectivity index (χ3v) is 3.86. The molecule has 1 aromatic heterocycles. The van der Waals surface area contributed by atoms with Gasteiger partial charge in [0.2, 0.25) is 5.91 Å². The highest BCUT2D eigenvalue weighted by atomic mass is 79.9. The third-order valence-electron chi connectivity index (χ3n) is 3.03. The molecule has 1 atom stereocenters. The van der Waals surface area contributed by atoms with Gasteiger partial charge in [0.1, 0.15) is 5.82 Å². The molecule has 1 aliphatic heterocycles. The monoisotopic (exact) mass is 297 g/mol. The van der Waals surface area contributed by atoms with Crippen LogP contribution in [0.1, 0.15) is 18.9 Å². The summed E-state index contributed by atoms with van der Waals surface area (Å²) < 4.78 is 1.01. The summed E-state index contributed by atoms with van der Waals surface area (Å²) >= 11 is 3.43. The number of hydrogen-bond acceptors (Lipinski definition) is 3. The molecule has 2 heterocycles. The van der Waals surface area contributed by atoms with Gasteiger partial charge in [-0.15, -0.1) is 0 Å². The van der Waals surface area contributed by atoms with Crippen LogP contribution in [0, 0.1) is 6.92 Å². The molecule has 1 aliphatic rings. The van der Waals surface area contributed by atoms with E-state index in [0.717, 1.165) is 35.4 Å². The Hall–Kier alpha value is -1.10. The van der Waals surface area contributed by atoms with E-state index in [4.69, 9.17) is 0 Å². The molecule has 17 heavy (non-hydrogen) atoms. The Balaban J connectivity index is 1.98. The molecule has 92 valence electrons. The molecule has 1 N–H and O–H groups in total. The lowest BCUT2D eigenvalue weighted by Gasteiger charge is -2.15. The molecule has 0 aromatic carbocycles. The zero-order valence-corrected chi connectivity index (χ0v) is 11.6. The van der Waals surface area contributed by atoms with Gasteiger partial charge in [-0.2, -0.15) is 0 Å². The Kier molecular flexibility index (Phi) is 3.66. The predicted octanol–water partition coefficient (Wildman–Crippen LogP) is 2.19. The lowest BCUT2D eigenvalue weighted by molar-refractivity contribution is -0.127. The normalized spacial score (nSPS) is 19.5. The van der Waals surface area contributed by atoms with Gasteiger partial charge in [0.15, 0.2) is 0 Å². The molecular weight excluding hydrogens is 282 g/mol. The number of amides is 1. The van der Waals surface area contributed by atoms with Crippen LogP contribution in [0.25, 0.3) is 0 Å². The fraction of sp³-hybridized carbons (Fsp3) is 0.500. The number of anilines is 1. The van der Waals surface area contributed by atoms with Crippen molar-refractivity contribution in [2.45, 2.75) is 26.3 Å². The van der Waals surface area contributed by atoms with Crippen LogP contribution in [0.15, 0.2) is 16.7 Å². The highest BCUT2D eigenvalue weighted by molar-refractivity contribution is 9.10. The van der Waals surface area contributed by atoms with Crippen LogP contribution in [0.2, 0.25) is 0 Å². The molecule has 0 spiro atoms. The number of pyridine rings is 1. The molecule has 0 bridgehead atoms. The van der Waals surface area contributed by atoms with Crippen molar-refractivity contribution in [2.75, 3.05) is 18.4 Å². The maximum atomic E-state index is 11.2. The number of halogens is 1. The fourth-order valence-electron chi connectivity index (χ4n) is 1.99. The van der Waals surface area contributed by atoms with E-state index in [-0.39, 0.29) is 5.91 Å². The van der Waals surface area contributed by atoms with Crippen LogP contribution in [0.4, 0.5) is 5.82 Å². The maximum absolute atomic E-state index is 11.2. The molecule has 1 saturated heterocycles. The molecule has 2 rings (SSSR count). The quantitative estimate of drug-likeness (QED) is 0.910. The number of hydrogen-bond donors (Lipinski definition) is 1. The van der Waals surface area contributed by atoms with Gasteiger partial charge in [-0.1, -0.05) is 0 Å². The summed E-state index contributed by atoms with van der Waals surface area (Å²) in [7, 11) is 0. The Labute approximate surface area is 110 Å². The molecule has 1 unspecified atom stereocenters. The van der Waals surface area contributed by atoms with Crippen molar-refractivity contribution in [1.29, 1.82) is 0 Å². The second-order valence-corrected chi connectivity index (χ2v) is 5.27. The Bertz CT molecular complexity index is 436. The lowest BCUT2D eigenvalue weighted by atomic mass is 10.2. The largest absolute Gasteiger partial charge is 0.365 e. The molecular formula is C12H16BrN3O. The molecule has 1 aromatic rings. The van der Waals surface area contributed by atoms with E-state index in [9.17, 15) is 4.79 Å². The highest BCUT2D eigenvalue weighted by Crippen LogP contribution is 2.19. The van der Waals surface area contributed by atoms with E-state index in [2.05, 4.69) is 26.2 Å². The minimum absolute atomic E-state index is 0.147. The molecule has 1 fully saturated rings. The van der Waals surface area contributed by atoms with E-state index in [1.54, 1.807) is 13.1 Å². The zero-order chi connectivity index (χ0) is 12.4. The first-order chi connectivity index (χ1) is 8.06. The van der Waals surface area contributed by atoms with Crippen molar-refractivity contribution in [3.8, 4) is 0 Å². The smallest absolute Gasteiger partial charge is 0.219 e. The Morgan fingerprint density at radius 1 is 1.65 bits per heavy atom. The first-order valence-electron chi connectivity index (χ1n) is 5.70. The number of likely N-dealkylation sites (tertiary alicyclic amines) is 1. The van der Waals surface area contributed by atoms with E-state index in [1.165, 1.54) is 0 Å². The van der Waals surface area contributed by atoms with Crippen LogP contribution in [0.5, 0.6) is 0 Å². The number of nitrogens with one attached hydrogen (secondary N) is 1. The number of aryl methyl sites for hydroxylation is 1. The second-order valence-electron chi connectivity index (χ2n) is 4.41. The van der Waals surface area contributed by atoms with Gasteiger partial charge in [-0.25, -0.2) is 4.98 Å². The number of carbonyl (C=O) groups is 1. The van der Waals surface area contributed by atoms with Crippen LogP contribution >= 0.6 is 15.9 Å². The van der Waals surface area contributed by atoms with E-state index in [1.807, 2.05) is 17.9 Å². The van der Waals surface area contributed by atoms with Crippen LogP contribution in [-0.4, -0.2) is 34.9 Å². The molecule has 0 radical (unpaired) electrons. The van der Waals surface area contributed by atoms with Crippen molar-refractivity contribution in [3.05, 3.63) is 22.3 Å². The van der Waals surface area contributed by atoms with Gasteiger partial charge in [0.25, 0.3) is 0 Å². The molecule has 4 nitrogen and oxygen atoms in total.